The summed E-state index contributed by atoms with van der Waals surface area (Å²) in [5, 5.41) is 444. The van der Waals surface area contributed by atoms with E-state index in [0.717, 1.165) is 20.8 Å². The molecule has 0 aromatic carbocycles. The lowest BCUT2D eigenvalue weighted by molar-refractivity contribution is -0.427. The first-order valence-corrected chi connectivity index (χ1v) is 45.1. The largest absolute Gasteiger partial charge is 0.477 e. The zero-order valence-electron chi connectivity index (χ0n) is 75.9. The first-order valence-electron chi connectivity index (χ1n) is 45.1. The molecular weight excluding hydrogens is 1990 g/mol. The van der Waals surface area contributed by atoms with Crippen LogP contribution in [0.25, 0.3) is 0 Å². The average Bonchev–Trinajstić information content (AvgIpc) is 0.733. The summed E-state index contributed by atoms with van der Waals surface area (Å²) >= 11 is 0. The summed E-state index contributed by atoms with van der Waals surface area (Å²) < 4.78 is 125. The third-order valence-corrected chi connectivity index (χ3v) is 26.4. The van der Waals surface area contributed by atoms with Gasteiger partial charge in [-0.05, 0) is 6.92 Å². The van der Waals surface area contributed by atoms with Gasteiger partial charge in [0.2, 0.25) is 11.8 Å². The SMILES string of the molecule is CC(=O)N[C@H]1[C@@H](O[C@H]2[C@@H](O)[C@@H](CO)O[C@@H](O[C@H]3[C@H](O)[C@@H]([C@@H](O)CO[C@H]4O[C@H]([C@@H](O)CO[C@H]5O[C@H]([C@@H](O)CO)[C@@H](O)[C@H](O)[C@@H]5O)[C@@H](O)[C@H](O)[C@@H]4O)O[C@H](O[C@@H]4[C@H](O)[C@@H](O[C@H]5[C@@H]([C@H](O)CO)O[C@@](O)(C(=O)O)C[C@H]5O[C@@]5(C(=O)O)O[C@H]([C@H](O)CO)[C@H](O)[C@H](O)[C@@H]5O)O[C@H]([C@@H](O)CO)[C@H]4O[C@@H]4O[C@H](CO)[C@@H](O)[C@H](O)[C@H]4O)[C@H]3O[C@@H]3O[C@@H](C)[C@H](O)[C@@H](O)[C@H]3O)[C@@H]2NC(C)=O)O[C@H](CO)[C@H](O)[C@@H]1O[C@@H]1O[C@H](CO)[C@H](O)[C@H](O)[C@H]1O. The molecule has 11 rings (SSSR count). The van der Waals surface area contributed by atoms with Crippen molar-refractivity contribution in [2.24, 2.45) is 0 Å². The number of aliphatic hydroxyl groups is 37. The fraction of sp³-hybridized carbons (Fsp3) is 0.949. The number of carboxylic acid groups (broad SMARTS) is 2. The van der Waals surface area contributed by atoms with Crippen LogP contribution < -0.4 is 10.6 Å². The highest BCUT2D eigenvalue weighted by atomic mass is 16.8. The van der Waals surface area contributed by atoms with Gasteiger partial charge in [-0.1, -0.05) is 0 Å². The van der Waals surface area contributed by atoms with E-state index in [4.69, 9.17) is 99.5 Å². The summed E-state index contributed by atoms with van der Waals surface area (Å²) in [4.78, 5) is 54.3. The van der Waals surface area contributed by atoms with Crippen molar-refractivity contribution in [3.8, 4) is 0 Å². The van der Waals surface area contributed by atoms with E-state index in [9.17, 15) is 218 Å². The first-order chi connectivity index (χ1) is 67.7. The summed E-state index contributed by atoms with van der Waals surface area (Å²) in [6.07, 6.45) is -143. The molecule has 60 atom stereocenters. The molecular formula is C78H130N2O64. The van der Waals surface area contributed by atoms with E-state index in [1.54, 1.807) is 0 Å². The van der Waals surface area contributed by atoms with Crippen LogP contribution >= 0.6 is 0 Å². The number of carbonyl (C=O) groups is 4. The molecule has 0 saturated carbocycles. The zero-order valence-corrected chi connectivity index (χ0v) is 75.9. The van der Waals surface area contributed by atoms with Gasteiger partial charge in [-0.15, -0.1) is 0 Å². The third-order valence-electron chi connectivity index (χ3n) is 26.4. The lowest BCUT2D eigenvalue weighted by Gasteiger charge is -2.54. The van der Waals surface area contributed by atoms with Crippen molar-refractivity contribution in [2.75, 3.05) is 66.1 Å². The molecule has 836 valence electrons. The van der Waals surface area contributed by atoms with Gasteiger partial charge < -0.3 is 309 Å². The van der Waals surface area contributed by atoms with E-state index in [2.05, 4.69) is 10.6 Å². The third kappa shape index (κ3) is 25.1. The summed E-state index contributed by atoms with van der Waals surface area (Å²) in [5.41, 5.74) is 0. The van der Waals surface area contributed by atoms with Crippen LogP contribution in [-0.4, -0.2) is 656 Å². The van der Waals surface area contributed by atoms with Crippen molar-refractivity contribution in [1.82, 2.24) is 10.6 Å². The average molecular weight is 2120 g/mol. The zero-order chi connectivity index (χ0) is 107. The molecule has 0 aromatic heterocycles. The Morgan fingerprint density at radius 2 is 0.632 bits per heavy atom. The van der Waals surface area contributed by atoms with Crippen LogP contribution in [-0.2, 0) is 119 Å². The van der Waals surface area contributed by atoms with E-state index in [0.29, 0.717) is 0 Å². The number of aliphatic hydroxyl groups excluding tert-OH is 36. The van der Waals surface area contributed by atoms with Crippen molar-refractivity contribution in [1.29, 1.82) is 0 Å². The topological polar surface area (TPSA) is 1080 Å². The lowest BCUT2D eigenvalue weighted by atomic mass is 9.88. The number of ether oxygens (including phenoxy) is 21. The maximum Gasteiger partial charge on any atom is 0.367 e. The molecule has 11 aliphatic heterocycles. The van der Waals surface area contributed by atoms with E-state index in [1.165, 1.54) is 0 Å². The molecule has 144 heavy (non-hydrogen) atoms. The number of rotatable bonds is 40. The number of carboxylic acids is 2. The van der Waals surface area contributed by atoms with Gasteiger partial charge >= 0.3 is 11.9 Å². The van der Waals surface area contributed by atoms with Gasteiger partial charge in [-0.25, -0.2) is 9.59 Å². The maximum atomic E-state index is 14.0. The molecule has 0 aromatic rings. The Bertz CT molecular complexity index is 4010. The second-order valence-electron chi connectivity index (χ2n) is 36.3. The van der Waals surface area contributed by atoms with E-state index >= 15 is 0 Å². The minimum atomic E-state index is -4.10. The van der Waals surface area contributed by atoms with Crippen molar-refractivity contribution < 1.29 is 318 Å². The summed E-state index contributed by atoms with van der Waals surface area (Å²) in [6.45, 7) is -11.2. The maximum absolute atomic E-state index is 14.0. The molecule has 0 spiro atoms. The molecule has 11 heterocycles. The quantitative estimate of drug-likeness (QED) is 0.0271. The van der Waals surface area contributed by atoms with Crippen LogP contribution in [0, 0.1) is 0 Å². The molecule has 11 aliphatic rings. The Hall–Kier alpha value is -4.44. The number of hydrogen-bond donors (Lipinski definition) is 41. The van der Waals surface area contributed by atoms with E-state index in [1.807, 2.05) is 0 Å². The van der Waals surface area contributed by atoms with Crippen molar-refractivity contribution in [3.63, 3.8) is 0 Å². The van der Waals surface area contributed by atoms with Gasteiger partial charge in [0.25, 0.3) is 11.6 Å². The van der Waals surface area contributed by atoms with Crippen molar-refractivity contribution >= 4 is 23.8 Å². The first kappa shape index (κ1) is 120. The van der Waals surface area contributed by atoms with Crippen LogP contribution in [0.3, 0.4) is 0 Å². The predicted molar refractivity (Wildman–Crippen MR) is 432 cm³/mol. The van der Waals surface area contributed by atoms with Gasteiger partial charge in [-0.2, -0.15) is 0 Å². The minimum Gasteiger partial charge on any atom is -0.477 e. The normalized spacial score (nSPS) is 49.1. The van der Waals surface area contributed by atoms with Gasteiger partial charge in [0.1, 0.15) is 287 Å². The van der Waals surface area contributed by atoms with Gasteiger partial charge in [0.05, 0.1) is 78.3 Å². The molecule has 11 saturated heterocycles. The summed E-state index contributed by atoms with van der Waals surface area (Å²) in [7, 11) is 0. The number of hydrogen-bond acceptors (Lipinski definition) is 62. The van der Waals surface area contributed by atoms with Gasteiger partial charge in [-0.3, -0.25) is 9.59 Å². The van der Waals surface area contributed by atoms with Gasteiger partial charge in [0, 0.05) is 20.3 Å². The summed E-state index contributed by atoms with van der Waals surface area (Å²) in [5.74, 6) is -15.4. The molecule has 0 unspecified atom stereocenters. The van der Waals surface area contributed by atoms with Crippen LogP contribution in [0.2, 0.25) is 0 Å². The smallest absolute Gasteiger partial charge is 0.367 e. The predicted octanol–water partition coefficient (Wildman–Crippen LogP) is -27.6. The highest BCUT2D eigenvalue weighted by Crippen LogP contribution is 2.46. The molecule has 0 radical (unpaired) electrons. The van der Waals surface area contributed by atoms with Crippen LogP contribution in [0.5, 0.6) is 0 Å². The number of nitrogens with one attached hydrogen (secondary N) is 2. The Morgan fingerprint density at radius 1 is 0.306 bits per heavy atom. The molecule has 2 amide bonds. The van der Waals surface area contributed by atoms with Gasteiger partial charge in [0.15, 0.2) is 56.6 Å². The van der Waals surface area contributed by atoms with E-state index < -0.39 is 463 Å². The highest BCUT2D eigenvalue weighted by Gasteiger charge is 2.69. The molecule has 41 N–H and O–H groups in total. The highest BCUT2D eigenvalue weighted by molar-refractivity contribution is 5.78. The Morgan fingerprint density at radius 3 is 1.08 bits per heavy atom. The standard InChI is InChI=1S/C78H130N2O64/c1-15-31(97)36(102)47(113)70(126-15)141-64-61(138-67-29(79-16(2)89)59(34(100)27(11-87)128-67)136-66-30(80-17(3)90)60(35(101)28(12-88)127-66)137-71-48(114)37(103)32(98)25(9-85)129-71)50(116)54(23(96)14-125-69-46(112)40(106)42(108)53(132-69)22(95)13-124-68-45(111)39(105)41(107)52(131-68)18(91)5-81)133-74(64)139-62-51(117)73(134-56(20(93)7-83)63(62)140-72-49(115)38(104)33(99)26(10-86)130-72)135-58-24(4-77(123,75(119)120)143-57(58)21(94)8-84)142-78(76(121)122)65(118)44(110)43(109)55(144-78)19(92)6-82/h15,18-74,81-88,91-118,123H,4-14H2,1-3H3,(H,79,89)(H,80,90)(H,119,120)(H,121,122)/t15-,18-,19+,20-,21+,22-,23-,24+,25+,26+,27+,28+,29+,30+,31-,32-,33+,34-,35-,36+,37-,38-,39-,40-,41-,42-,43+,44-,45-,46-,47+,48+,49+,50+,51-,52+,53+,54+,55+,56+,57+,58+,59+,60+,61-,62+,63+,64-,65-,66+,67-,68-,69-,70-,71-,72-,73+,74+,77+,78+/m0/s1. The fourth-order valence-electron chi connectivity index (χ4n) is 18.3. The van der Waals surface area contributed by atoms with Crippen LogP contribution in [0.4, 0.5) is 0 Å². The Labute approximate surface area is 810 Å². The van der Waals surface area contributed by atoms with E-state index in [-0.39, 0.29) is 0 Å². The number of carbonyl (C=O) groups excluding carboxylic acids is 2. The second kappa shape index (κ2) is 50.6. The van der Waals surface area contributed by atoms with Crippen molar-refractivity contribution in [2.45, 2.75) is 394 Å². The molecule has 11 fully saturated rings. The fourth-order valence-corrected chi connectivity index (χ4v) is 18.3. The second-order valence-corrected chi connectivity index (χ2v) is 36.3. The molecule has 0 bridgehead atoms. The Kier molecular flexibility index (Phi) is 42.1. The number of aliphatic carboxylic acids is 2. The molecule has 66 heteroatoms. The van der Waals surface area contributed by atoms with Crippen LogP contribution in [0.15, 0.2) is 0 Å². The Balaban J connectivity index is 1.08. The van der Waals surface area contributed by atoms with Crippen LogP contribution in [0.1, 0.15) is 27.2 Å². The summed E-state index contributed by atoms with van der Waals surface area (Å²) in [6, 6.07) is -4.52. The lowest BCUT2D eigenvalue weighted by Crippen LogP contribution is -2.74. The molecule has 66 nitrogen and oxygen atoms in total. The number of amides is 2. The van der Waals surface area contributed by atoms with Crippen molar-refractivity contribution in [3.05, 3.63) is 0 Å². The monoisotopic (exact) mass is 2120 g/mol. The minimum absolute atomic E-state index is 0.758. The molecule has 0 aliphatic carbocycles.